The molecule has 0 spiro atoms. The van der Waals surface area contributed by atoms with Crippen LogP contribution in [-0.4, -0.2) is 25.1 Å². The summed E-state index contributed by atoms with van der Waals surface area (Å²) in [5.74, 6) is 0.867. The number of nitrogens with one attached hydrogen (secondary N) is 1. The molecule has 0 saturated heterocycles. The first-order chi connectivity index (χ1) is 11.9. The van der Waals surface area contributed by atoms with E-state index in [1.165, 1.54) is 12.1 Å². The molecule has 1 atom stereocenters. The maximum atomic E-state index is 12.6. The van der Waals surface area contributed by atoms with E-state index >= 15 is 0 Å². The highest BCUT2D eigenvalue weighted by Crippen LogP contribution is 2.30. The third-order valence-corrected chi connectivity index (χ3v) is 4.00. The van der Waals surface area contributed by atoms with Gasteiger partial charge in [-0.15, -0.1) is 0 Å². The molecule has 0 fully saturated rings. The maximum Gasteiger partial charge on any atom is 0.273 e. The van der Waals surface area contributed by atoms with E-state index in [2.05, 4.69) is 5.32 Å². The minimum Gasteiger partial charge on any atom is -0.497 e. The molecule has 0 unspecified atom stereocenters. The Morgan fingerprint density at radius 1 is 1.20 bits per heavy atom. The van der Waals surface area contributed by atoms with Gasteiger partial charge in [0, 0.05) is 22.8 Å². The van der Waals surface area contributed by atoms with Crippen molar-refractivity contribution in [2.45, 2.75) is 19.9 Å². The molecule has 2 rings (SSSR count). The van der Waals surface area contributed by atoms with Crippen LogP contribution in [0.4, 0.5) is 5.69 Å². The molecule has 0 saturated carbocycles. The number of amides is 1. The Bertz CT molecular complexity index is 804. The van der Waals surface area contributed by atoms with Crippen LogP contribution in [0.25, 0.3) is 0 Å². The Labute approximate surface area is 145 Å². The number of nitro benzene ring substituents is 1. The van der Waals surface area contributed by atoms with Gasteiger partial charge in [0.25, 0.3) is 11.6 Å². The molecule has 25 heavy (non-hydrogen) atoms. The van der Waals surface area contributed by atoms with E-state index in [1.54, 1.807) is 45.4 Å². The Kier molecular flexibility index (Phi) is 5.59. The zero-order valence-corrected chi connectivity index (χ0v) is 14.5. The molecule has 2 aromatic rings. The summed E-state index contributed by atoms with van der Waals surface area (Å²) in [6.45, 7) is 3.37. The minimum absolute atomic E-state index is 0.0840. The van der Waals surface area contributed by atoms with Gasteiger partial charge in [0.05, 0.1) is 25.2 Å². The topological polar surface area (TPSA) is 90.7 Å². The summed E-state index contributed by atoms with van der Waals surface area (Å²) >= 11 is 0. The van der Waals surface area contributed by atoms with Crippen molar-refractivity contribution < 1.29 is 19.2 Å². The van der Waals surface area contributed by atoms with Crippen molar-refractivity contribution in [3.8, 4) is 11.5 Å². The third kappa shape index (κ3) is 3.88. The smallest absolute Gasteiger partial charge is 0.273 e. The number of methoxy groups -OCH3 is 2. The first-order valence-corrected chi connectivity index (χ1v) is 7.65. The molecule has 0 aliphatic carbocycles. The number of nitrogens with zero attached hydrogens (tertiary/aromatic N) is 1. The summed E-state index contributed by atoms with van der Waals surface area (Å²) in [6, 6.07) is 9.36. The number of ether oxygens (including phenoxy) is 2. The number of benzene rings is 2. The van der Waals surface area contributed by atoms with Gasteiger partial charge in [0.1, 0.15) is 11.5 Å². The van der Waals surface area contributed by atoms with E-state index in [4.69, 9.17) is 9.47 Å². The number of carbonyl (C=O) groups excluding carboxylic acids is 1. The van der Waals surface area contributed by atoms with E-state index in [1.807, 2.05) is 6.92 Å². The van der Waals surface area contributed by atoms with Gasteiger partial charge < -0.3 is 14.8 Å². The van der Waals surface area contributed by atoms with Gasteiger partial charge in [-0.1, -0.05) is 6.07 Å². The summed E-state index contributed by atoms with van der Waals surface area (Å²) in [6.07, 6.45) is 0. The van der Waals surface area contributed by atoms with Crippen molar-refractivity contribution in [1.82, 2.24) is 5.32 Å². The second-order valence-electron chi connectivity index (χ2n) is 5.51. The Morgan fingerprint density at radius 3 is 2.52 bits per heavy atom. The zero-order valence-electron chi connectivity index (χ0n) is 14.5. The van der Waals surface area contributed by atoms with Crippen LogP contribution in [0.15, 0.2) is 36.4 Å². The molecule has 2 aromatic carbocycles. The Morgan fingerprint density at radius 2 is 1.92 bits per heavy atom. The van der Waals surface area contributed by atoms with E-state index in [9.17, 15) is 14.9 Å². The molecule has 0 aliphatic rings. The molecule has 1 N–H and O–H groups in total. The second-order valence-corrected chi connectivity index (χ2v) is 5.51. The van der Waals surface area contributed by atoms with Crippen LogP contribution in [0.1, 0.15) is 34.5 Å². The van der Waals surface area contributed by atoms with Gasteiger partial charge in [-0.3, -0.25) is 14.9 Å². The van der Waals surface area contributed by atoms with Crippen molar-refractivity contribution in [3.63, 3.8) is 0 Å². The SMILES string of the molecule is COc1ccc(OC)c([C@@H](C)NC(=O)c2cccc([N+](=O)[O-])c2C)c1. The predicted molar refractivity (Wildman–Crippen MR) is 93.3 cm³/mol. The first kappa shape index (κ1) is 18.3. The largest absolute Gasteiger partial charge is 0.497 e. The summed E-state index contributed by atoms with van der Waals surface area (Å²) in [5, 5.41) is 13.9. The minimum atomic E-state index is -0.499. The summed E-state index contributed by atoms with van der Waals surface area (Å²) < 4.78 is 10.5. The molecule has 7 nitrogen and oxygen atoms in total. The van der Waals surface area contributed by atoms with Crippen molar-refractivity contribution in [2.24, 2.45) is 0 Å². The van der Waals surface area contributed by atoms with E-state index < -0.39 is 10.8 Å². The molecule has 0 bridgehead atoms. The lowest BCUT2D eigenvalue weighted by Gasteiger charge is -2.18. The molecular formula is C18H20N2O5. The van der Waals surface area contributed by atoms with Crippen molar-refractivity contribution in [1.29, 1.82) is 0 Å². The van der Waals surface area contributed by atoms with E-state index in [-0.39, 0.29) is 17.3 Å². The highest BCUT2D eigenvalue weighted by atomic mass is 16.6. The van der Waals surface area contributed by atoms with Crippen LogP contribution in [0.3, 0.4) is 0 Å². The van der Waals surface area contributed by atoms with Crippen molar-refractivity contribution in [2.75, 3.05) is 14.2 Å². The fraction of sp³-hybridized carbons (Fsp3) is 0.278. The van der Waals surface area contributed by atoms with Gasteiger partial charge in [-0.05, 0) is 38.1 Å². The summed E-state index contributed by atoms with van der Waals surface area (Å²) in [5.41, 5.74) is 1.26. The molecule has 7 heteroatoms. The van der Waals surface area contributed by atoms with E-state index in [0.29, 0.717) is 17.1 Å². The number of hydrogen-bond acceptors (Lipinski definition) is 5. The number of rotatable bonds is 6. The average molecular weight is 344 g/mol. The zero-order chi connectivity index (χ0) is 18.6. The van der Waals surface area contributed by atoms with Crippen LogP contribution in [0.2, 0.25) is 0 Å². The van der Waals surface area contributed by atoms with Gasteiger partial charge in [-0.25, -0.2) is 0 Å². The number of hydrogen-bond donors (Lipinski definition) is 1. The van der Waals surface area contributed by atoms with Gasteiger partial charge in [0.15, 0.2) is 0 Å². The monoisotopic (exact) mass is 344 g/mol. The predicted octanol–water partition coefficient (Wildman–Crippen LogP) is 3.41. The Balaban J connectivity index is 2.30. The average Bonchev–Trinajstić information content (AvgIpc) is 2.60. The fourth-order valence-electron chi connectivity index (χ4n) is 2.60. The van der Waals surface area contributed by atoms with Gasteiger partial charge >= 0.3 is 0 Å². The quantitative estimate of drug-likeness (QED) is 0.640. The van der Waals surface area contributed by atoms with Crippen LogP contribution >= 0.6 is 0 Å². The third-order valence-electron chi connectivity index (χ3n) is 4.00. The lowest BCUT2D eigenvalue weighted by atomic mass is 10.0. The highest BCUT2D eigenvalue weighted by Gasteiger charge is 2.21. The molecular weight excluding hydrogens is 324 g/mol. The van der Waals surface area contributed by atoms with E-state index in [0.717, 1.165) is 5.56 Å². The van der Waals surface area contributed by atoms with Crippen LogP contribution in [-0.2, 0) is 0 Å². The molecule has 132 valence electrons. The second kappa shape index (κ2) is 7.65. The molecule has 0 aromatic heterocycles. The summed E-state index contributed by atoms with van der Waals surface area (Å²) in [4.78, 5) is 23.1. The standard InChI is InChI=1S/C18H20N2O5/c1-11-14(6-5-7-16(11)20(22)23)18(21)19-12(2)15-10-13(24-3)8-9-17(15)25-4/h5-10,12H,1-4H3,(H,19,21)/t12-/m1/s1. The number of nitro groups is 1. The molecule has 1 amide bonds. The molecule has 0 radical (unpaired) electrons. The lowest BCUT2D eigenvalue weighted by molar-refractivity contribution is -0.385. The first-order valence-electron chi connectivity index (χ1n) is 7.65. The molecule has 0 aliphatic heterocycles. The maximum absolute atomic E-state index is 12.6. The van der Waals surface area contributed by atoms with Crippen molar-refractivity contribution >= 4 is 11.6 Å². The highest BCUT2D eigenvalue weighted by molar-refractivity contribution is 5.96. The van der Waals surface area contributed by atoms with Crippen LogP contribution in [0.5, 0.6) is 11.5 Å². The van der Waals surface area contributed by atoms with Gasteiger partial charge in [0.2, 0.25) is 0 Å². The van der Waals surface area contributed by atoms with Gasteiger partial charge in [-0.2, -0.15) is 0 Å². The van der Waals surface area contributed by atoms with Crippen LogP contribution < -0.4 is 14.8 Å². The van der Waals surface area contributed by atoms with Crippen LogP contribution in [0, 0.1) is 17.0 Å². The molecule has 0 heterocycles. The summed E-state index contributed by atoms with van der Waals surface area (Å²) in [7, 11) is 3.10. The Hall–Kier alpha value is -3.09. The van der Waals surface area contributed by atoms with Crippen molar-refractivity contribution in [3.05, 3.63) is 63.2 Å². The fourth-order valence-corrected chi connectivity index (χ4v) is 2.60. The normalized spacial score (nSPS) is 11.5. The number of carbonyl (C=O) groups is 1. The lowest BCUT2D eigenvalue weighted by Crippen LogP contribution is -2.27.